The van der Waals surface area contributed by atoms with Gasteiger partial charge in [0.2, 0.25) is 0 Å². The Hall–Kier alpha value is -2.10. The Morgan fingerprint density at radius 1 is 1.30 bits per heavy atom. The number of aliphatic imine (C=N–C) groups is 1. The molecule has 2 N–H and O–H groups in total. The quantitative estimate of drug-likeness (QED) is 0.837. The van der Waals surface area contributed by atoms with Crippen molar-refractivity contribution in [3.8, 4) is 0 Å². The Labute approximate surface area is 120 Å². The molecule has 0 radical (unpaired) electrons. The van der Waals surface area contributed by atoms with E-state index < -0.39 is 0 Å². The van der Waals surface area contributed by atoms with Crippen LogP contribution in [0.3, 0.4) is 0 Å². The molecule has 1 heterocycles. The summed E-state index contributed by atoms with van der Waals surface area (Å²) in [7, 11) is 0. The van der Waals surface area contributed by atoms with Crippen LogP contribution >= 0.6 is 0 Å². The summed E-state index contributed by atoms with van der Waals surface area (Å²) in [6, 6.07) is 9.98. The Morgan fingerprint density at radius 2 is 1.95 bits per heavy atom. The Morgan fingerprint density at radius 3 is 2.50 bits per heavy atom. The molecule has 0 aromatic heterocycles. The van der Waals surface area contributed by atoms with E-state index in [0.29, 0.717) is 18.7 Å². The van der Waals surface area contributed by atoms with Crippen molar-refractivity contribution >= 4 is 11.6 Å². The second-order valence-corrected chi connectivity index (χ2v) is 5.89. The van der Waals surface area contributed by atoms with E-state index in [4.69, 9.17) is 5.73 Å². The Balaban J connectivity index is 2.22. The first-order valence-corrected chi connectivity index (χ1v) is 6.75. The number of hydrogen-bond acceptors (Lipinski definition) is 3. The van der Waals surface area contributed by atoms with Gasteiger partial charge in [-0.2, -0.15) is 0 Å². The number of nitrogens with two attached hydrogens (primary N) is 1. The van der Waals surface area contributed by atoms with Crippen LogP contribution in [0.25, 0.3) is 0 Å². The number of carbonyl (C=O) groups excluding carboxylic acids is 1. The molecule has 1 saturated heterocycles. The molecule has 0 spiro atoms. The summed E-state index contributed by atoms with van der Waals surface area (Å²) in [5.74, 6) is -0.0354. The molecular weight excluding hydrogens is 250 g/mol. The monoisotopic (exact) mass is 271 g/mol. The summed E-state index contributed by atoms with van der Waals surface area (Å²) in [4.78, 5) is 18.7. The minimum atomic E-state index is -0.227. The minimum absolute atomic E-state index is 0.0354. The zero-order chi connectivity index (χ0) is 14.8. The van der Waals surface area contributed by atoms with Crippen LogP contribution in [0.15, 0.2) is 47.1 Å². The first kappa shape index (κ1) is 14.3. The number of rotatable bonds is 2. The van der Waals surface area contributed by atoms with Crippen LogP contribution in [-0.2, 0) is 11.3 Å². The van der Waals surface area contributed by atoms with E-state index in [9.17, 15) is 4.79 Å². The average molecular weight is 271 g/mol. The smallest absolute Gasteiger partial charge is 0.258 e. The zero-order valence-electron chi connectivity index (χ0n) is 12.3. The van der Waals surface area contributed by atoms with Crippen molar-refractivity contribution in [2.75, 3.05) is 6.54 Å². The summed E-state index contributed by atoms with van der Waals surface area (Å²) in [6.07, 6.45) is 1.37. The molecule has 4 heteroatoms. The maximum Gasteiger partial charge on any atom is 0.258 e. The van der Waals surface area contributed by atoms with Gasteiger partial charge in [0.25, 0.3) is 5.91 Å². The van der Waals surface area contributed by atoms with E-state index in [2.05, 4.69) is 4.99 Å². The van der Waals surface area contributed by atoms with Gasteiger partial charge in [-0.05, 0) is 26.3 Å². The molecule has 1 fully saturated rings. The molecule has 0 atom stereocenters. The van der Waals surface area contributed by atoms with E-state index in [-0.39, 0.29) is 11.4 Å². The van der Waals surface area contributed by atoms with E-state index in [1.165, 1.54) is 6.20 Å². The van der Waals surface area contributed by atoms with Crippen molar-refractivity contribution in [3.63, 3.8) is 0 Å². The van der Waals surface area contributed by atoms with Crippen LogP contribution < -0.4 is 5.73 Å². The van der Waals surface area contributed by atoms with Gasteiger partial charge >= 0.3 is 0 Å². The first-order chi connectivity index (χ1) is 9.43. The second-order valence-electron chi connectivity index (χ2n) is 5.89. The fourth-order valence-electron chi connectivity index (χ4n) is 2.19. The van der Waals surface area contributed by atoms with Crippen LogP contribution in [0, 0.1) is 0 Å². The van der Waals surface area contributed by atoms with E-state index in [1.807, 2.05) is 51.1 Å². The number of benzene rings is 1. The van der Waals surface area contributed by atoms with Crippen LogP contribution in [0.5, 0.6) is 0 Å². The SMILES string of the molecule is CC(C)(C)N1CC(=NCc2ccccc2)C(=CN)C1=O. The molecule has 1 aliphatic heterocycles. The van der Waals surface area contributed by atoms with Crippen molar-refractivity contribution in [1.82, 2.24) is 4.90 Å². The molecule has 20 heavy (non-hydrogen) atoms. The van der Waals surface area contributed by atoms with Gasteiger partial charge in [-0.25, -0.2) is 0 Å². The molecular formula is C16H21N3O. The lowest BCUT2D eigenvalue weighted by molar-refractivity contribution is -0.128. The molecule has 1 amide bonds. The lowest BCUT2D eigenvalue weighted by Gasteiger charge is -2.30. The third-order valence-electron chi connectivity index (χ3n) is 3.37. The van der Waals surface area contributed by atoms with Crippen molar-refractivity contribution in [2.24, 2.45) is 10.7 Å². The van der Waals surface area contributed by atoms with Crippen molar-refractivity contribution < 1.29 is 4.79 Å². The number of carbonyl (C=O) groups is 1. The highest BCUT2D eigenvalue weighted by atomic mass is 16.2. The van der Waals surface area contributed by atoms with E-state index in [1.54, 1.807) is 4.90 Å². The summed E-state index contributed by atoms with van der Waals surface area (Å²) < 4.78 is 0. The molecule has 4 nitrogen and oxygen atoms in total. The zero-order valence-corrected chi connectivity index (χ0v) is 12.3. The summed E-state index contributed by atoms with van der Waals surface area (Å²) in [6.45, 7) is 7.13. The van der Waals surface area contributed by atoms with Gasteiger partial charge in [0.15, 0.2) is 0 Å². The van der Waals surface area contributed by atoms with Crippen LogP contribution in [0.4, 0.5) is 0 Å². The molecule has 2 rings (SSSR count). The summed E-state index contributed by atoms with van der Waals surface area (Å²) in [5, 5.41) is 0. The summed E-state index contributed by atoms with van der Waals surface area (Å²) in [5.41, 5.74) is 7.79. The maximum absolute atomic E-state index is 12.3. The third kappa shape index (κ3) is 2.90. The first-order valence-electron chi connectivity index (χ1n) is 6.75. The van der Waals surface area contributed by atoms with Gasteiger partial charge < -0.3 is 10.6 Å². The van der Waals surface area contributed by atoms with E-state index >= 15 is 0 Å². The van der Waals surface area contributed by atoms with Gasteiger partial charge in [0.1, 0.15) is 0 Å². The topological polar surface area (TPSA) is 58.7 Å². The van der Waals surface area contributed by atoms with Crippen molar-refractivity contribution in [3.05, 3.63) is 47.7 Å². The fraction of sp³-hybridized carbons (Fsp3) is 0.375. The Kier molecular flexibility index (Phi) is 3.93. The molecule has 0 unspecified atom stereocenters. The molecule has 1 aromatic rings. The number of amides is 1. The van der Waals surface area contributed by atoms with Crippen LogP contribution in [0.1, 0.15) is 26.3 Å². The predicted molar refractivity (Wildman–Crippen MR) is 81.3 cm³/mol. The maximum atomic E-state index is 12.3. The lowest BCUT2D eigenvalue weighted by atomic mass is 10.1. The predicted octanol–water partition coefficient (Wildman–Crippen LogP) is 2.11. The van der Waals surface area contributed by atoms with Gasteiger partial charge in [-0.3, -0.25) is 9.79 Å². The minimum Gasteiger partial charge on any atom is -0.404 e. The van der Waals surface area contributed by atoms with E-state index in [0.717, 1.165) is 11.3 Å². The second kappa shape index (κ2) is 5.49. The highest BCUT2D eigenvalue weighted by Crippen LogP contribution is 2.24. The number of hydrogen-bond donors (Lipinski definition) is 1. The lowest BCUT2D eigenvalue weighted by Crippen LogP contribution is -2.42. The van der Waals surface area contributed by atoms with Gasteiger partial charge in [0.05, 0.1) is 24.4 Å². The normalized spacial score (nSPS) is 20.1. The largest absolute Gasteiger partial charge is 0.404 e. The van der Waals surface area contributed by atoms with Gasteiger partial charge in [0, 0.05) is 11.7 Å². The molecule has 0 aliphatic carbocycles. The molecule has 0 bridgehead atoms. The average Bonchev–Trinajstić information content (AvgIpc) is 2.73. The highest BCUT2D eigenvalue weighted by Gasteiger charge is 2.37. The Bertz CT molecular complexity index is 553. The van der Waals surface area contributed by atoms with Gasteiger partial charge in [-0.15, -0.1) is 0 Å². The van der Waals surface area contributed by atoms with Crippen LogP contribution in [0.2, 0.25) is 0 Å². The molecule has 1 aromatic carbocycles. The van der Waals surface area contributed by atoms with Crippen molar-refractivity contribution in [2.45, 2.75) is 32.9 Å². The molecule has 1 aliphatic rings. The number of likely N-dealkylation sites (tertiary alicyclic amines) is 1. The molecule has 0 saturated carbocycles. The molecule has 106 valence electrons. The standard InChI is InChI=1S/C16H21N3O/c1-16(2,3)19-11-14(13(9-17)15(19)20)18-10-12-7-5-4-6-8-12/h4-9H,10-11,17H2,1-3H3. The highest BCUT2D eigenvalue weighted by molar-refractivity contribution is 6.27. The van der Waals surface area contributed by atoms with Crippen molar-refractivity contribution in [1.29, 1.82) is 0 Å². The number of nitrogens with zero attached hydrogens (tertiary/aromatic N) is 2. The summed E-state index contributed by atoms with van der Waals surface area (Å²) >= 11 is 0. The van der Waals surface area contributed by atoms with Gasteiger partial charge in [-0.1, -0.05) is 30.3 Å². The third-order valence-corrected chi connectivity index (χ3v) is 3.37. The fourth-order valence-corrected chi connectivity index (χ4v) is 2.19. The van der Waals surface area contributed by atoms with Crippen LogP contribution in [-0.4, -0.2) is 28.6 Å².